The van der Waals surface area contributed by atoms with E-state index in [2.05, 4.69) is 10.4 Å². The lowest BCUT2D eigenvalue weighted by Gasteiger charge is -2.16. The van der Waals surface area contributed by atoms with Crippen LogP contribution in [0.2, 0.25) is 0 Å². The zero-order chi connectivity index (χ0) is 20.2. The van der Waals surface area contributed by atoms with Gasteiger partial charge in [-0.3, -0.25) is 9.59 Å². The van der Waals surface area contributed by atoms with Crippen molar-refractivity contribution in [3.8, 4) is 0 Å². The van der Waals surface area contributed by atoms with Gasteiger partial charge in [-0.05, 0) is 24.1 Å². The number of carbonyl (C=O) groups is 1. The zero-order valence-corrected chi connectivity index (χ0v) is 16.1. The molecular weight excluding hydrogens is 362 g/mol. The first-order valence-electron chi connectivity index (χ1n) is 9.53. The fourth-order valence-electron chi connectivity index (χ4n) is 3.36. The van der Waals surface area contributed by atoms with Crippen LogP contribution in [0, 0.1) is 0 Å². The van der Waals surface area contributed by atoms with Gasteiger partial charge in [0.15, 0.2) is 5.69 Å². The SMILES string of the molecule is CC(NC(=O)c1nn(Cc2ccccc2)c(=O)c2ccccc12)c1ccccc1. The van der Waals surface area contributed by atoms with E-state index >= 15 is 0 Å². The third-order valence-electron chi connectivity index (χ3n) is 4.91. The molecule has 1 atom stereocenters. The quantitative estimate of drug-likeness (QED) is 0.568. The number of benzene rings is 3. The Hall–Kier alpha value is -3.73. The molecule has 1 aromatic heterocycles. The van der Waals surface area contributed by atoms with Gasteiger partial charge in [0.05, 0.1) is 18.0 Å². The molecule has 29 heavy (non-hydrogen) atoms. The average molecular weight is 383 g/mol. The number of nitrogens with zero attached hydrogens (tertiary/aromatic N) is 2. The van der Waals surface area contributed by atoms with Gasteiger partial charge >= 0.3 is 0 Å². The second kappa shape index (κ2) is 8.10. The standard InChI is InChI=1S/C24H21N3O2/c1-17(19-12-6-3-7-13-19)25-23(28)22-20-14-8-9-15-21(20)24(29)27(26-22)16-18-10-4-2-5-11-18/h2-15,17H,16H2,1H3,(H,25,28). The van der Waals surface area contributed by atoms with Crippen molar-refractivity contribution >= 4 is 16.7 Å². The molecule has 1 N–H and O–H groups in total. The summed E-state index contributed by atoms with van der Waals surface area (Å²) in [6.07, 6.45) is 0. The Bertz CT molecular complexity index is 1200. The number of amides is 1. The van der Waals surface area contributed by atoms with E-state index in [1.807, 2.05) is 73.7 Å². The van der Waals surface area contributed by atoms with Crippen LogP contribution in [0.1, 0.15) is 34.6 Å². The first-order chi connectivity index (χ1) is 14.1. The van der Waals surface area contributed by atoms with Crippen LogP contribution in [-0.2, 0) is 6.54 Å². The smallest absolute Gasteiger partial charge is 0.274 e. The van der Waals surface area contributed by atoms with E-state index in [9.17, 15) is 9.59 Å². The number of hydrogen-bond acceptors (Lipinski definition) is 3. The van der Waals surface area contributed by atoms with Gasteiger partial charge in [-0.25, -0.2) is 4.68 Å². The number of rotatable bonds is 5. The van der Waals surface area contributed by atoms with Gasteiger partial charge in [-0.1, -0.05) is 78.9 Å². The van der Waals surface area contributed by atoms with Crippen LogP contribution in [-0.4, -0.2) is 15.7 Å². The van der Waals surface area contributed by atoms with Crippen molar-refractivity contribution in [3.63, 3.8) is 0 Å². The van der Waals surface area contributed by atoms with Gasteiger partial charge in [-0.2, -0.15) is 5.10 Å². The highest BCUT2D eigenvalue weighted by Gasteiger charge is 2.19. The third kappa shape index (κ3) is 3.94. The normalized spacial score (nSPS) is 11.9. The molecule has 0 bridgehead atoms. The fourth-order valence-corrected chi connectivity index (χ4v) is 3.36. The maximum atomic E-state index is 13.1. The van der Waals surface area contributed by atoms with Gasteiger partial charge in [0.25, 0.3) is 11.5 Å². The molecule has 4 rings (SSSR count). The summed E-state index contributed by atoms with van der Waals surface area (Å²) >= 11 is 0. The summed E-state index contributed by atoms with van der Waals surface area (Å²) in [5.41, 5.74) is 1.99. The predicted molar refractivity (Wildman–Crippen MR) is 114 cm³/mol. The van der Waals surface area contributed by atoms with Crippen LogP contribution in [0.25, 0.3) is 10.8 Å². The van der Waals surface area contributed by atoms with Crippen LogP contribution in [0.15, 0.2) is 89.7 Å². The molecule has 0 saturated carbocycles. The minimum atomic E-state index is -0.306. The molecule has 1 unspecified atom stereocenters. The molecule has 0 fully saturated rings. The van der Waals surface area contributed by atoms with E-state index in [1.54, 1.807) is 18.2 Å². The highest BCUT2D eigenvalue weighted by molar-refractivity contribution is 6.04. The van der Waals surface area contributed by atoms with E-state index in [0.29, 0.717) is 17.3 Å². The summed E-state index contributed by atoms with van der Waals surface area (Å²) in [4.78, 5) is 26.0. The lowest BCUT2D eigenvalue weighted by molar-refractivity contribution is 0.0934. The Morgan fingerprint density at radius 2 is 1.48 bits per heavy atom. The Kier molecular flexibility index (Phi) is 5.20. The Morgan fingerprint density at radius 3 is 2.17 bits per heavy atom. The lowest BCUT2D eigenvalue weighted by Crippen LogP contribution is -2.32. The monoisotopic (exact) mass is 383 g/mol. The lowest BCUT2D eigenvalue weighted by atomic mass is 10.1. The van der Waals surface area contributed by atoms with Gasteiger partial charge in [-0.15, -0.1) is 0 Å². The van der Waals surface area contributed by atoms with Gasteiger partial charge < -0.3 is 5.32 Å². The first-order valence-corrected chi connectivity index (χ1v) is 9.53. The first kappa shape index (κ1) is 18.6. The van der Waals surface area contributed by atoms with Gasteiger partial charge in [0, 0.05) is 5.39 Å². The molecule has 0 aliphatic heterocycles. The minimum Gasteiger partial charge on any atom is -0.344 e. The van der Waals surface area contributed by atoms with Crippen molar-refractivity contribution in [2.75, 3.05) is 0 Å². The van der Waals surface area contributed by atoms with Crippen molar-refractivity contribution in [1.82, 2.24) is 15.1 Å². The Morgan fingerprint density at radius 1 is 0.897 bits per heavy atom. The molecular formula is C24H21N3O2. The van der Waals surface area contributed by atoms with E-state index in [1.165, 1.54) is 4.68 Å². The van der Waals surface area contributed by atoms with Crippen LogP contribution in [0.5, 0.6) is 0 Å². The summed E-state index contributed by atoms with van der Waals surface area (Å²) in [6, 6.07) is 26.3. The number of nitrogens with one attached hydrogen (secondary N) is 1. The molecule has 1 heterocycles. The van der Waals surface area contributed by atoms with Gasteiger partial charge in [0.1, 0.15) is 0 Å². The maximum Gasteiger partial charge on any atom is 0.274 e. The molecule has 0 spiro atoms. The van der Waals surface area contributed by atoms with Crippen LogP contribution in [0.3, 0.4) is 0 Å². The Labute approximate surface area is 168 Å². The van der Waals surface area contributed by atoms with Crippen molar-refractivity contribution in [2.45, 2.75) is 19.5 Å². The second-order valence-corrected chi connectivity index (χ2v) is 6.95. The van der Waals surface area contributed by atoms with E-state index in [4.69, 9.17) is 0 Å². The third-order valence-corrected chi connectivity index (χ3v) is 4.91. The van der Waals surface area contributed by atoms with Crippen LogP contribution < -0.4 is 10.9 Å². The summed E-state index contributed by atoms with van der Waals surface area (Å²) in [5, 5.41) is 8.47. The molecule has 5 heteroatoms. The van der Waals surface area contributed by atoms with Crippen molar-refractivity contribution in [1.29, 1.82) is 0 Å². The van der Waals surface area contributed by atoms with Crippen molar-refractivity contribution in [2.24, 2.45) is 0 Å². The molecule has 5 nitrogen and oxygen atoms in total. The van der Waals surface area contributed by atoms with E-state index in [0.717, 1.165) is 11.1 Å². The number of hydrogen-bond donors (Lipinski definition) is 1. The minimum absolute atomic E-state index is 0.182. The van der Waals surface area contributed by atoms with Crippen LogP contribution in [0.4, 0.5) is 0 Å². The zero-order valence-electron chi connectivity index (χ0n) is 16.1. The fraction of sp³-hybridized carbons (Fsp3) is 0.125. The summed E-state index contributed by atoms with van der Waals surface area (Å²) in [7, 11) is 0. The van der Waals surface area contributed by atoms with Gasteiger partial charge in [0.2, 0.25) is 0 Å². The summed E-state index contributed by atoms with van der Waals surface area (Å²) in [5.74, 6) is -0.306. The highest BCUT2D eigenvalue weighted by Crippen LogP contribution is 2.16. The largest absolute Gasteiger partial charge is 0.344 e. The molecule has 0 saturated heterocycles. The predicted octanol–water partition coefficient (Wildman–Crippen LogP) is 3.94. The second-order valence-electron chi connectivity index (χ2n) is 6.95. The number of fused-ring (bicyclic) bond motifs is 1. The van der Waals surface area contributed by atoms with Crippen LogP contribution >= 0.6 is 0 Å². The van der Waals surface area contributed by atoms with Crippen molar-refractivity contribution < 1.29 is 4.79 Å². The van der Waals surface area contributed by atoms with E-state index < -0.39 is 0 Å². The van der Waals surface area contributed by atoms with Crippen molar-refractivity contribution in [3.05, 3.63) is 112 Å². The Balaban J connectivity index is 1.74. The number of aromatic nitrogens is 2. The molecule has 0 aliphatic carbocycles. The summed E-state index contributed by atoms with van der Waals surface area (Å²) in [6.45, 7) is 2.23. The highest BCUT2D eigenvalue weighted by atomic mass is 16.2. The maximum absolute atomic E-state index is 13.1. The van der Waals surface area contributed by atoms with E-state index in [-0.39, 0.29) is 23.2 Å². The molecule has 4 aromatic rings. The topological polar surface area (TPSA) is 64.0 Å². The summed E-state index contributed by atoms with van der Waals surface area (Å²) < 4.78 is 1.36. The molecule has 144 valence electrons. The molecule has 1 amide bonds. The number of carbonyl (C=O) groups excluding carboxylic acids is 1. The molecule has 0 aliphatic rings. The molecule has 3 aromatic carbocycles. The molecule has 0 radical (unpaired) electrons. The average Bonchev–Trinajstić information content (AvgIpc) is 2.77.